The molecule has 0 bridgehead atoms. The van der Waals surface area contributed by atoms with Gasteiger partial charge < -0.3 is 19.1 Å². The number of pyridine rings is 1. The van der Waals surface area contributed by atoms with Crippen LogP contribution < -0.4 is 9.47 Å². The van der Waals surface area contributed by atoms with Gasteiger partial charge in [-0.2, -0.15) is 0 Å². The van der Waals surface area contributed by atoms with Gasteiger partial charge in [-0.3, -0.25) is 0 Å². The second kappa shape index (κ2) is 9.80. The van der Waals surface area contributed by atoms with E-state index < -0.39 is 12.3 Å². The number of nitrogens with zero attached hydrogens (tertiary/aromatic N) is 2. The third-order valence-electron chi connectivity index (χ3n) is 8.00. The van der Waals surface area contributed by atoms with Crippen molar-refractivity contribution >= 4 is 38.4 Å². The van der Waals surface area contributed by atoms with E-state index in [2.05, 4.69) is 9.30 Å². The van der Waals surface area contributed by atoms with E-state index in [1.54, 1.807) is 18.2 Å². The number of thiophene rings is 1. The largest absolute Gasteiger partial charge is 0.573 e. The van der Waals surface area contributed by atoms with Crippen LogP contribution in [0.2, 0.25) is 0 Å². The molecule has 0 saturated heterocycles. The molecule has 2 aliphatic rings. The molecule has 5 aromatic rings. The van der Waals surface area contributed by atoms with Gasteiger partial charge in [0, 0.05) is 16.5 Å². The number of hydrogen-bond acceptors (Lipinski definition) is 5. The molecule has 41 heavy (non-hydrogen) atoms. The molecule has 1 fully saturated rings. The summed E-state index contributed by atoms with van der Waals surface area (Å²) in [5.74, 6) is -0.153. The zero-order chi connectivity index (χ0) is 28.3. The lowest BCUT2D eigenvalue weighted by Crippen LogP contribution is -2.17. The van der Waals surface area contributed by atoms with Crippen molar-refractivity contribution in [3.63, 3.8) is 0 Å². The van der Waals surface area contributed by atoms with E-state index >= 15 is 0 Å². The Bertz CT molecular complexity index is 1820. The zero-order valence-electron chi connectivity index (χ0n) is 21.8. The van der Waals surface area contributed by atoms with Crippen molar-refractivity contribution in [2.24, 2.45) is 0 Å². The molecular formula is C31H25F3N2O4S. The van der Waals surface area contributed by atoms with Gasteiger partial charge in [0.25, 0.3) is 0 Å². The fourth-order valence-electron chi connectivity index (χ4n) is 6.32. The number of ether oxygens (including phenoxy) is 2. The second-order valence-corrected chi connectivity index (χ2v) is 11.6. The topological polar surface area (TPSA) is 73.6 Å². The third kappa shape index (κ3) is 4.60. The Labute approximate surface area is 237 Å². The predicted molar refractivity (Wildman–Crippen MR) is 151 cm³/mol. The van der Waals surface area contributed by atoms with Crippen LogP contribution in [0, 0.1) is 0 Å². The van der Waals surface area contributed by atoms with Gasteiger partial charge in [0.1, 0.15) is 23.0 Å². The van der Waals surface area contributed by atoms with Crippen molar-refractivity contribution in [2.45, 2.75) is 50.9 Å². The molecule has 1 aliphatic heterocycles. The monoisotopic (exact) mass is 578 g/mol. The third-order valence-corrected chi connectivity index (χ3v) is 9.14. The molecule has 0 unspecified atom stereocenters. The second-order valence-electron chi connectivity index (χ2n) is 10.5. The summed E-state index contributed by atoms with van der Waals surface area (Å²) in [5, 5.41) is 10.5. The number of carboxylic acid groups (broad SMARTS) is 1. The molecule has 1 N–H and O–H groups in total. The van der Waals surface area contributed by atoms with E-state index in [9.17, 15) is 23.1 Å². The van der Waals surface area contributed by atoms with Crippen LogP contribution in [0.5, 0.6) is 11.5 Å². The van der Waals surface area contributed by atoms with Gasteiger partial charge in [-0.15, -0.1) is 24.5 Å². The highest BCUT2D eigenvalue weighted by molar-refractivity contribution is 7.21. The summed E-state index contributed by atoms with van der Waals surface area (Å²) in [4.78, 5) is 17.0. The molecule has 7 rings (SSSR count). The van der Waals surface area contributed by atoms with Gasteiger partial charge in [-0.05, 0) is 66.8 Å². The Hall–Kier alpha value is -4.05. The Morgan fingerprint density at radius 3 is 2.68 bits per heavy atom. The number of benzene rings is 2. The fraction of sp³-hybridized carbons (Fsp3) is 0.290. The van der Waals surface area contributed by atoms with Crippen LogP contribution in [0.4, 0.5) is 13.2 Å². The smallest absolute Gasteiger partial charge is 0.490 e. The summed E-state index contributed by atoms with van der Waals surface area (Å²) in [6.07, 6.45) is 0.872. The van der Waals surface area contributed by atoms with Crippen LogP contribution in [-0.2, 0) is 6.54 Å². The van der Waals surface area contributed by atoms with E-state index in [1.165, 1.54) is 41.5 Å². The Morgan fingerprint density at radius 1 is 1.07 bits per heavy atom. The van der Waals surface area contributed by atoms with Gasteiger partial charge in [0.05, 0.1) is 33.7 Å². The molecule has 6 nitrogen and oxygen atoms in total. The molecule has 3 aromatic heterocycles. The standard InChI is InChI=1S/C31H25F3N2O4S/c32-31(33,34)40-19-8-4-7-18(15-19)22-11-9-20-23(35-22)12-10-21-27-26(17-5-2-1-3-6-17)29-24(16-25(41-29)30(37)38)36(27)13-14-39-28(20)21/h4,7-12,15-17H,1-3,5-6,13-14H2,(H,37,38). The summed E-state index contributed by atoms with van der Waals surface area (Å²) in [5.41, 5.74) is 5.89. The minimum absolute atomic E-state index is 0.302. The number of alkyl halides is 3. The van der Waals surface area contributed by atoms with E-state index in [4.69, 9.17) is 9.72 Å². The van der Waals surface area contributed by atoms with Crippen LogP contribution in [0.15, 0.2) is 54.6 Å². The maximum absolute atomic E-state index is 12.8. The molecule has 10 heteroatoms. The Kier molecular flexibility index (Phi) is 6.19. The summed E-state index contributed by atoms with van der Waals surface area (Å²) in [6.45, 7) is 0.992. The number of hydrogen-bond donors (Lipinski definition) is 1. The highest BCUT2D eigenvalue weighted by Gasteiger charge is 2.33. The number of rotatable bonds is 4. The van der Waals surface area contributed by atoms with Crippen molar-refractivity contribution < 1.29 is 32.5 Å². The van der Waals surface area contributed by atoms with Crippen molar-refractivity contribution in [3.8, 4) is 34.0 Å². The highest BCUT2D eigenvalue weighted by Crippen LogP contribution is 2.50. The van der Waals surface area contributed by atoms with Gasteiger partial charge in [-0.1, -0.05) is 31.4 Å². The number of aromatic carboxylic acids is 1. The molecule has 0 amide bonds. The molecule has 2 aromatic carbocycles. The highest BCUT2D eigenvalue weighted by atomic mass is 32.1. The summed E-state index contributed by atoms with van der Waals surface area (Å²) in [6, 6.07) is 15.2. The molecule has 0 spiro atoms. The summed E-state index contributed by atoms with van der Waals surface area (Å²) < 4.78 is 52.0. The van der Waals surface area contributed by atoms with Gasteiger partial charge in [-0.25, -0.2) is 9.78 Å². The van der Waals surface area contributed by atoms with E-state index in [1.807, 2.05) is 18.2 Å². The number of halogens is 3. The van der Waals surface area contributed by atoms with Crippen LogP contribution in [0.1, 0.15) is 53.3 Å². The van der Waals surface area contributed by atoms with Gasteiger partial charge in [0.15, 0.2) is 0 Å². The van der Waals surface area contributed by atoms with Crippen LogP contribution in [-0.4, -0.2) is 33.6 Å². The quantitative estimate of drug-likeness (QED) is 0.231. The zero-order valence-corrected chi connectivity index (χ0v) is 22.6. The first kappa shape index (κ1) is 25.9. The Balaban J connectivity index is 1.37. The average Bonchev–Trinajstić information content (AvgIpc) is 3.44. The molecule has 1 saturated carbocycles. The first-order valence-corrected chi connectivity index (χ1v) is 14.4. The number of aromatic nitrogens is 2. The minimum Gasteiger partial charge on any atom is -0.490 e. The average molecular weight is 579 g/mol. The summed E-state index contributed by atoms with van der Waals surface area (Å²) >= 11 is 1.35. The number of carbonyl (C=O) groups is 1. The minimum atomic E-state index is -4.78. The molecule has 0 radical (unpaired) electrons. The summed E-state index contributed by atoms with van der Waals surface area (Å²) in [7, 11) is 0. The predicted octanol–water partition coefficient (Wildman–Crippen LogP) is 8.62. The molecule has 0 atom stereocenters. The first-order chi connectivity index (χ1) is 19.8. The maximum atomic E-state index is 12.8. The first-order valence-electron chi connectivity index (χ1n) is 13.6. The lowest BCUT2D eigenvalue weighted by atomic mass is 9.83. The molecular weight excluding hydrogens is 553 g/mol. The van der Waals surface area contributed by atoms with Crippen molar-refractivity contribution in [3.05, 3.63) is 65.0 Å². The lowest BCUT2D eigenvalue weighted by molar-refractivity contribution is -0.274. The number of fused-ring (bicyclic) bond motifs is 7. The van der Waals surface area contributed by atoms with Crippen LogP contribution in [0.3, 0.4) is 0 Å². The maximum Gasteiger partial charge on any atom is 0.573 e. The molecule has 1 aliphatic carbocycles. The van der Waals surface area contributed by atoms with E-state index in [0.717, 1.165) is 58.3 Å². The van der Waals surface area contributed by atoms with Crippen LogP contribution >= 0.6 is 11.3 Å². The van der Waals surface area contributed by atoms with Crippen LogP contribution in [0.25, 0.3) is 43.6 Å². The van der Waals surface area contributed by atoms with Gasteiger partial charge in [0.2, 0.25) is 0 Å². The molecule has 210 valence electrons. The van der Waals surface area contributed by atoms with E-state index in [-0.39, 0.29) is 5.75 Å². The molecule has 4 heterocycles. The fourth-order valence-corrected chi connectivity index (χ4v) is 7.44. The normalized spacial score (nSPS) is 15.8. The van der Waals surface area contributed by atoms with Gasteiger partial charge >= 0.3 is 12.3 Å². The Morgan fingerprint density at radius 2 is 1.90 bits per heavy atom. The lowest BCUT2D eigenvalue weighted by Gasteiger charge is -2.23. The van der Waals surface area contributed by atoms with Crippen molar-refractivity contribution in [1.29, 1.82) is 0 Å². The van der Waals surface area contributed by atoms with E-state index in [0.29, 0.717) is 40.7 Å². The van der Waals surface area contributed by atoms with Crippen molar-refractivity contribution in [1.82, 2.24) is 9.55 Å². The number of carboxylic acids is 1. The van der Waals surface area contributed by atoms with Crippen molar-refractivity contribution in [2.75, 3.05) is 6.61 Å². The SMILES string of the molecule is O=C(O)c1cc2c(s1)c(C1CCCCC1)c1n2CCOc2c-1ccc1nc(-c3cccc(OC(F)(F)F)c3)ccc21.